The van der Waals surface area contributed by atoms with Crippen LogP contribution in [0.15, 0.2) is 24.3 Å². The maximum Gasteiger partial charge on any atom is 0.262 e. The van der Waals surface area contributed by atoms with Crippen molar-refractivity contribution in [3.05, 3.63) is 35.4 Å². The Labute approximate surface area is 151 Å². The first-order chi connectivity index (χ1) is 12.6. The van der Waals surface area contributed by atoms with Crippen LogP contribution in [-0.2, 0) is 14.3 Å². The molecule has 7 heteroatoms. The van der Waals surface area contributed by atoms with E-state index in [9.17, 15) is 14.4 Å². The molecule has 1 atom stereocenters. The summed E-state index contributed by atoms with van der Waals surface area (Å²) >= 11 is 0. The molecular formula is C19H22N2O5. The van der Waals surface area contributed by atoms with Crippen LogP contribution in [0.25, 0.3) is 0 Å². The second kappa shape index (κ2) is 6.81. The maximum atomic E-state index is 12.3. The second-order valence-corrected chi connectivity index (χ2v) is 7.07. The van der Waals surface area contributed by atoms with Crippen LogP contribution < -0.4 is 5.32 Å². The number of fused-ring (bicyclic) bond motifs is 1. The molecule has 7 nitrogen and oxygen atoms in total. The number of hydrogen-bond donors (Lipinski definition) is 1. The molecule has 4 rings (SSSR count). The maximum absolute atomic E-state index is 12.3. The Morgan fingerprint density at radius 2 is 1.77 bits per heavy atom. The summed E-state index contributed by atoms with van der Waals surface area (Å²) in [6.45, 7) is 0.474. The Morgan fingerprint density at radius 1 is 1.12 bits per heavy atom. The summed E-state index contributed by atoms with van der Waals surface area (Å²) < 4.78 is 11.9. The molecule has 0 radical (unpaired) electrons. The van der Waals surface area contributed by atoms with Crippen molar-refractivity contribution in [1.82, 2.24) is 10.2 Å². The Morgan fingerprint density at radius 3 is 2.42 bits per heavy atom. The summed E-state index contributed by atoms with van der Waals surface area (Å²) in [7, 11) is 0. The Kier molecular flexibility index (Phi) is 4.50. The van der Waals surface area contributed by atoms with Gasteiger partial charge in [-0.1, -0.05) is 18.6 Å². The summed E-state index contributed by atoms with van der Waals surface area (Å²) in [6, 6.07) is 6.60. The lowest BCUT2D eigenvalue weighted by molar-refractivity contribution is -0.186. The molecule has 1 aliphatic carbocycles. The van der Waals surface area contributed by atoms with Gasteiger partial charge >= 0.3 is 0 Å². The van der Waals surface area contributed by atoms with Crippen LogP contribution in [0.1, 0.15) is 52.8 Å². The predicted octanol–water partition coefficient (Wildman–Crippen LogP) is 1.47. The van der Waals surface area contributed by atoms with Crippen molar-refractivity contribution in [2.45, 2.75) is 44.0 Å². The number of nitrogens with zero attached hydrogens (tertiary/aromatic N) is 1. The third kappa shape index (κ3) is 3.12. The largest absolute Gasteiger partial charge is 0.352 e. The lowest BCUT2D eigenvalue weighted by Gasteiger charge is -2.31. The number of ether oxygens (including phenoxy) is 2. The van der Waals surface area contributed by atoms with Crippen LogP contribution in [-0.4, -0.2) is 54.2 Å². The molecular weight excluding hydrogens is 336 g/mol. The zero-order chi connectivity index (χ0) is 18.1. The standard InChI is InChI=1S/C19H22N2O5/c22-16(11-21-17(23)14-6-2-3-7-15(14)18(21)24)20-10-13-12-25-19(26-13)8-4-1-5-9-19/h2-3,6-7,13H,1,4-5,8-12H2,(H,20,22)/t13-/m0/s1. The first kappa shape index (κ1) is 17.2. The molecule has 2 heterocycles. The van der Waals surface area contributed by atoms with Crippen molar-refractivity contribution in [2.75, 3.05) is 19.7 Å². The van der Waals surface area contributed by atoms with E-state index < -0.39 is 17.6 Å². The minimum atomic E-state index is -0.476. The van der Waals surface area contributed by atoms with Crippen molar-refractivity contribution in [3.63, 3.8) is 0 Å². The number of hydrogen-bond acceptors (Lipinski definition) is 5. The molecule has 0 unspecified atom stereocenters. The van der Waals surface area contributed by atoms with Crippen LogP contribution in [0, 0.1) is 0 Å². The van der Waals surface area contributed by atoms with E-state index in [0.29, 0.717) is 24.3 Å². The van der Waals surface area contributed by atoms with Crippen LogP contribution in [0.3, 0.4) is 0 Å². The van der Waals surface area contributed by atoms with Crippen molar-refractivity contribution in [3.8, 4) is 0 Å². The number of rotatable bonds is 4. The lowest BCUT2D eigenvalue weighted by Crippen LogP contribution is -2.43. The van der Waals surface area contributed by atoms with Crippen LogP contribution in [0.4, 0.5) is 0 Å². The fraction of sp³-hybridized carbons (Fsp3) is 0.526. The highest BCUT2D eigenvalue weighted by Crippen LogP contribution is 2.37. The van der Waals surface area contributed by atoms with Crippen LogP contribution >= 0.6 is 0 Å². The van der Waals surface area contributed by atoms with Crippen LogP contribution in [0.2, 0.25) is 0 Å². The molecule has 0 aromatic heterocycles. The van der Waals surface area contributed by atoms with Crippen molar-refractivity contribution in [2.24, 2.45) is 0 Å². The van der Waals surface area contributed by atoms with Gasteiger partial charge < -0.3 is 14.8 Å². The molecule has 1 saturated carbocycles. The van der Waals surface area contributed by atoms with Gasteiger partial charge in [0.2, 0.25) is 5.91 Å². The van der Waals surface area contributed by atoms with Gasteiger partial charge in [0.25, 0.3) is 11.8 Å². The second-order valence-electron chi connectivity index (χ2n) is 7.07. The molecule has 2 fully saturated rings. The van der Waals surface area contributed by atoms with E-state index in [1.807, 2.05) is 0 Å². The molecule has 1 aromatic carbocycles. The molecule has 1 aromatic rings. The highest BCUT2D eigenvalue weighted by Gasteiger charge is 2.42. The Balaban J connectivity index is 1.29. The minimum absolute atomic E-state index is 0.195. The number of nitrogens with one attached hydrogen (secondary N) is 1. The molecule has 0 bridgehead atoms. The number of carbonyl (C=O) groups is 3. The van der Waals surface area contributed by atoms with Crippen molar-refractivity contribution in [1.29, 1.82) is 0 Å². The number of amides is 3. The fourth-order valence-corrected chi connectivity index (χ4v) is 3.88. The average molecular weight is 358 g/mol. The summed E-state index contributed by atoms with van der Waals surface area (Å²) in [5, 5.41) is 2.75. The van der Waals surface area contributed by atoms with Gasteiger partial charge in [-0.15, -0.1) is 0 Å². The predicted molar refractivity (Wildman–Crippen MR) is 91.5 cm³/mol. The average Bonchev–Trinajstić information content (AvgIpc) is 3.16. The first-order valence-electron chi connectivity index (χ1n) is 9.12. The van der Waals surface area contributed by atoms with Gasteiger partial charge in [-0.05, 0) is 25.0 Å². The zero-order valence-corrected chi connectivity index (χ0v) is 14.5. The van der Waals surface area contributed by atoms with Gasteiger partial charge in [-0.25, -0.2) is 0 Å². The van der Waals surface area contributed by atoms with Gasteiger partial charge in [0.05, 0.1) is 17.7 Å². The normalized spacial score (nSPS) is 24.2. The van der Waals surface area contributed by atoms with Gasteiger partial charge in [0.15, 0.2) is 5.79 Å². The minimum Gasteiger partial charge on any atom is -0.352 e. The van der Waals surface area contributed by atoms with Gasteiger partial charge in [-0.2, -0.15) is 0 Å². The molecule has 3 amide bonds. The number of benzene rings is 1. The third-order valence-electron chi connectivity index (χ3n) is 5.24. The highest BCUT2D eigenvalue weighted by atomic mass is 16.7. The zero-order valence-electron chi connectivity index (χ0n) is 14.5. The number of imide groups is 1. The Hall–Kier alpha value is -2.25. The summed E-state index contributed by atoms with van der Waals surface area (Å²) in [4.78, 5) is 37.8. The lowest BCUT2D eigenvalue weighted by atomic mass is 9.94. The van der Waals surface area contributed by atoms with Crippen molar-refractivity contribution >= 4 is 17.7 Å². The topological polar surface area (TPSA) is 84.9 Å². The monoisotopic (exact) mass is 358 g/mol. The van der Waals surface area contributed by atoms with E-state index in [0.717, 1.165) is 30.6 Å². The molecule has 1 saturated heterocycles. The molecule has 138 valence electrons. The van der Waals surface area contributed by atoms with Gasteiger partial charge in [0, 0.05) is 19.4 Å². The van der Waals surface area contributed by atoms with E-state index >= 15 is 0 Å². The molecule has 26 heavy (non-hydrogen) atoms. The third-order valence-corrected chi connectivity index (χ3v) is 5.24. The smallest absolute Gasteiger partial charge is 0.262 e. The van der Waals surface area contributed by atoms with E-state index in [1.165, 1.54) is 6.42 Å². The van der Waals surface area contributed by atoms with E-state index in [2.05, 4.69) is 5.32 Å². The van der Waals surface area contributed by atoms with Crippen molar-refractivity contribution < 1.29 is 23.9 Å². The van der Waals surface area contributed by atoms with Crippen LogP contribution in [0.5, 0.6) is 0 Å². The van der Waals surface area contributed by atoms with E-state index in [4.69, 9.17) is 9.47 Å². The molecule has 3 aliphatic rings. The highest BCUT2D eigenvalue weighted by molar-refractivity contribution is 6.22. The SMILES string of the molecule is O=C(CN1C(=O)c2ccccc2C1=O)NC[C@H]1COC2(CCCCC2)O1. The molecule has 1 spiro atoms. The summed E-state index contributed by atoms with van der Waals surface area (Å²) in [5.74, 6) is -1.71. The summed E-state index contributed by atoms with van der Waals surface area (Å²) in [6.07, 6.45) is 4.99. The van der Waals surface area contributed by atoms with E-state index in [-0.39, 0.29) is 18.6 Å². The van der Waals surface area contributed by atoms with E-state index in [1.54, 1.807) is 24.3 Å². The number of carbonyl (C=O) groups excluding carboxylic acids is 3. The molecule has 2 aliphatic heterocycles. The first-order valence-corrected chi connectivity index (χ1v) is 9.12. The Bertz CT molecular complexity index is 706. The van der Waals surface area contributed by atoms with Gasteiger partial charge in [-0.3, -0.25) is 19.3 Å². The summed E-state index contributed by atoms with van der Waals surface area (Å²) in [5.41, 5.74) is 0.689. The quantitative estimate of drug-likeness (QED) is 0.824. The molecule has 1 N–H and O–H groups in total. The van der Waals surface area contributed by atoms with Gasteiger partial charge in [0.1, 0.15) is 12.6 Å². The fourth-order valence-electron chi connectivity index (χ4n) is 3.88.